The van der Waals surface area contributed by atoms with E-state index in [2.05, 4.69) is 9.97 Å². The Hall–Kier alpha value is -2.37. The molecule has 1 fully saturated rings. The summed E-state index contributed by atoms with van der Waals surface area (Å²) in [7, 11) is 0. The topological polar surface area (TPSA) is 86.3 Å². The molecule has 2 aromatic rings. The van der Waals surface area contributed by atoms with Crippen LogP contribution in [0.1, 0.15) is 17.8 Å². The Morgan fingerprint density at radius 2 is 2.35 bits per heavy atom. The Morgan fingerprint density at radius 3 is 3.05 bits per heavy atom. The van der Waals surface area contributed by atoms with Crippen molar-refractivity contribution >= 4 is 22.9 Å². The average Bonchev–Trinajstić information content (AvgIpc) is 2.92. The predicted molar refractivity (Wildman–Crippen MR) is 72.0 cm³/mol. The van der Waals surface area contributed by atoms with Crippen molar-refractivity contribution in [2.24, 2.45) is 5.92 Å². The highest BCUT2D eigenvalue weighted by molar-refractivity contribution is 5.86. The van der Waals surface area contributed by atoms with Gasteiger partial charge in [0.15, 0.2) is 0 Å². The number of carbonyl (C=O) groups is 2. The van der Waals surface area contributed by atoms with Crippen LogP contribution in [0.15, 0.2) is 18.2 Å². The molecule has 0 bridgehead atoms. The zero-order valence-corrected chi connectivity index (χ0v) is 11.1. The summed E-state index contributed by atoms with van der Waals surface area (Å²) in [5.74, 6) is -0.736. The van der Waals surface area contributed by atoms with E-state index in [4.69, 9.17) is 5.11 Å². The van der Waals surface area contributed by atoms with Crippen LogP contribution in [0.25, 0.3) is 11.0 Å². The first-order chi connectivity index (χ1) is 9.52. The number of nitrogens with one attached hydrogen (secondary N) is 1. The van der Waals surface area contributed by atoms with Crippen molar-refractivity contribution in [3.8, 4) is 0 Å². The second-order valence-electron chi connectivity index (χ2n) is 5.19. The zero-order valence-electron chi connectivity index (χ0n) is 11.1. The standard InChI is InChI=1S/C14H15N3O3/c1-8-15-11-3-2-9(4-12(11)16-8)6-17-7-10(14(19)20)5-13(17)18/h2-4,10H,5-7H2,1H3,(H,15,16)(H,19,20). The number of hydrogen-bond donors (Lipinski definition) is 2. The summed E-state index contributed by atoms with van der Waals surface area (Å²) >= 11 is 0. The highest BCUT2D eigenvalue weighted by atomic mass is 16.4. The maximum absolute atomic E-state index is 11.8. The van der Waals surface area contributed by atoms with Crippen molar-refractivity contribution in [1.29, 1.82) is 0 Å². The van der Waals surface area contributed by atoms with Crippen LogP contribution in [0.4, 0.5) is 0 Å². The molecule has 1 saturated heterocycles. The number of likely N-dealkylation sites (tertiary alicyclic amines) is 1. The van der Waals surface area contributed by atoms with E-state index in [1.807, 2.05) is 25.1 Å². The lowest BCUT2D eigenvalue weighted by Crippen LogP contribution is -2.25. The van der Waals surface area contributed by atoms with Gasteiger partial charge in [-0.3, -0.25) is 9.59 Å². The first kappa shape index (κ1) is 12.7. The smallest absolute Gasteiger partial charge is 0.308 e. The number of fused-ring (bicyclic) bond motifs is 1. The van der Waals surface area contributed by atoms with Crippen LogP contribution in [0.2, 0.25) is 0 Å². The molecule has 6 heteroatoms. The molecule has 1 aromatic heterocycles. The third-order valence-corrected chi connectivity index (χ3v) is 3.60. The number of aliphatic carboxylic acids is 1. The maximum atomic E-state index is 11.8. The molecule has 1 atom stereocenters. The van der Waals surface area contributed by atoms with Gasteiger partial charge in [-0.15, -0.1) is 0 Å². The average molecular weight is 273 g/mol. The fourth-order valence-corrected chi connectivity index (χ4v) is 2.59. The van der Waals surface area contributed by atoms with E-state index in [1.165, 1.54) is 0 Å². The number of benzene rings is 1. The Bertz CT molecular complexity index is 692. The number of carbonyl (C=O) groups excluding carboxylic acids is 1. The molecule has 0 radical (unpaired) electrons. The minimum Gasteiger partial charge on any atom is -0.481 e. The van der Waals surface area contributed by atoms with Gasteiger partial charge in [0, 0.05) is 19.5 Å². The van der Waals surface area contributed by atoms with Gasteiger partial charge in [-0.25, -0.2) is 4.98 Å². The molecule has 2 heterocycles. The third-order valence-electron chi connectivity index (χ3n) is 3.60. The summed E-state index contributed by atoms with van der Waals surface area (Å²) in [6.07, 6.45) is 0.0980. The van der Waals surface area contributed by atoms with Gasteiger partial charge in [0.05, 0.1) is 17.0 Å². The number of aromatic nitrogens is 2. The van der Waals surface area contributed by atoms with Crippen LogP contribution in [-0.4, -0.2) is 38.4 Å². The monoisotopic (exact) mass is 273 g/mol. The van der Waals surface area contributed by atoms with Gasteiger partial charge in [-0.1, -0.05) is 6.07 Å². The molecular weight excluding hydrogens is 258 g/mol. The number of nitrogens with zero attached hydrogens (tertiary/aromatic N) is 2. The van der Waals surface area contributed by atoms with E-state index in [9.17, 15) is 9.59 Å². The first-order valence-corrected chi connectivity index (χ1v) is 6.49. The van der Waals surface area contributed by atoms with E-state index < -0.39 is 11.9 Å². The van der Waals surface area contributed by atoms with Crippen LogP contribution in [-0.2, 0) is 16.1 Å². The van der Waals surface area contributed by atoms with Gasteiger partial charge in [0.25, 0.3) is 0 Å². The molecule has 1 unspecified atom stereocenters. The largest absolute Gasteiger partial charge is 0.481 e. The molecule has 1 aliphatic heterocycles. The van der Waals surface area contributed by atoms with Crippen molar-refractivity contribution in [3.05, 3.63) is 29.6 Å². The number of aryl methyl sites for hydroxylation is 1. The normalized spacial score (nSPS) is 18.9. The summed E-state index contributed by atoms with van der Waals surface area (Å²) in [6.45, 7) is 2.62. The molecular formula is C14H15N3O3. The molecule has 6 nitrogen and oxygen atoms in total. The summed E-state index contributed by atoms with van der Waals surface area (Å²) in [5, 5.41) is 8.97. The highest BCUT2D eigenvalue weighted by Crippen LogP contribution is 2.21. The molecule has 1 aliphatic rings. The minimum absolute atomic E-state index is 0.0980. The molecule has 104 valence electrons. The van der Waals surface area contributed by atoms with Crippen molar-refractivity contribution < 1.29 is 14.7 Å². The first-order valence-electron chi connectivity index (χ1n) is 6.49. The molecule has 1 aromatic carbocycles. The Labute approximate surface area is 115 Å². The van der Waals surface area contributed by atoms with Gasteiger partial charge < -0.3 is 15.0 Å². The van der Waals surface area contributed by atoms with Gasteiger partial charge in [0.2, 0.25) is 5.91 Å². The molecule has 2 N–H and O–H groups in total. The Balaban J connectivity index is 1.79. The number of hydrogen-bond acceptors (Lipinski definition) is 3. The number of imidazole rings is 1. The number of amides is 1. The molecule has 0 saturated carbocycles. The number of H-pyrrole nitrogens is 1. The molecule has 0 aliphatic carbocycles. The van der Waals surface area contributed by atoms with E-state index in [1.54, 1.807) is 4.90 Å². The van der Waals surface area contributed by atoms with Crippen LogP contribution in [0.3, 0.4) is 0 Å². The lowest BCUT2D eigenvalue weighted by molar-refractivity contribution is -0.141. The van der Waals surface area contributed by atoms with Gasteiger partial charge in [-0.2, -0.15) is 0 Å². The second kappa shape index (κ2) is 4.63. The number of carboxylic acids is 1. The lowest BCUT2D eigenvalue weighted by Gasteiger charge is -2.15. The van der Waals surface area contributed by atoms with E-state index in [0.29, 0.717) is 6.54 Å². The highest BCUT2D eigenvalue weighted by Gasteiger charge is 2.34. The maximum Gasteiger partial charge on any atom is 0.308 e. The number of carboxylic acid groups (broad SMARTS) is 1. The van der Waals surface area contributed by atoms with Gasteiger partial charge in [0.1, 0.15) is 5.82 Å². The van der Waals surface area contributed by atoms with Gasteiger partial charge in [-0.05, 0) is 24.6 Å². The Kier molecular flexibility index (Phi) is 2.93. The molecule has 20 heavy (non-hydrogen) atoms. The third kappa shape index (κ3) is 2.24. The van der Waals surface area contributed by atoms with E-state index in [0.717, 1.165) is 22.4 Å². The lowest BCUT2D eigenvalue weighted by atomic mass is 10.1. The molecule has 0 spiro atoms. The van der Waals surface area contributed by atoms with Crippen LogP contribution >= 0.6 is 0 Å². The second-order valence-corrected chi connectivity index (χ2v) is 5.19. The SMILES string of the molecule is Cc1nc2ccc(CN3CC(C(=O)O)CC3=O)cc2[nH]1. The number of rotatable bonds is 3. The van der Waals surface area contributed by atoms with Crippen molar-refractivity contribution in [2.75, 3.05) is 6.54 Å². The van der Waals surface area contributed by atoms with E-state index >= 15 is 0 Å². The zero-order chi connectivity index (χ0) is 14.3. The summed E-state index contributed by atoms with van der Waals surface area (Å²) < 4.78 is 0. The minimum atomic E-state index is -0.902. The molecule has 3 rings (SSSR count). The number of aromatic amines is 1. The summed E-state index contributed by atoms with van der Waals surface area (Å²) in [6, 6.07) is 5.78. The van der Waals surface area contributed by atoms with E-state index in [-0.39, 0.29) is 18.9 Å². The summed E-state index contributed by atoms with van der Waals surface area (Å²) in [4.78, 5) is 31.8. The van der Waals surface area contributed by atoms with Crippen molar-refractivity contribution in [1.82, 2.24) is 14.9 Å². The fourth-order valence-electron chi connectivity index (χ4n) is 2.59. The Morgan fingerprint density at radius 1 is 1.55 bits per heavy atom. The predicted octanol–water partition coefficient (Wildman–Crippen LogP) is 1.30. The van der Waals surface area contributed by atoms with Crippen molar-refractivity contribution in [2.45, 2.75) is 19.9 Å². The fraction of sp³-hybridized carbons (Fsp3) is 0.357. The van der Waals surface area contributed by atoms with Gasteiger partial charge >= 0.3 is 5.97 Å². The van der Waals surface area contributed by atoms with Crippen LogP contribution in [0, 0.1) is 12.8 Å². The summed E-state index contributed by atoms with van der Waals surface area (Å²) in [5.41, 5.74) is 2.80. The van der Waals surface area contributed by atoms with Crippen LogP contribution < -0.4 is 0 Å². The quantitative estimate of drug-likeness (QED) is 0.882. The molecule has 1 amide bonds. The van der Waals surface area contributed by atoms with Crippen molar-refractivity contribution in [3.63, 3.8) is 0 Å². The van der Waals surface area contributed by atoms with Crippen LogP contribution in [0.5, 0.6) is 0 Å².